The first-order valence-electron chi connectivity index (χ1n) is 10.3. The molecule has 0 amide bonds. The molecule has 2 heterocycles. The molecule has 2 aromatic rings. The van der Waals surface area contributed by atoms with Crippen LogP contribution in [0.5, 0.6) is 0 Å². The molecule has 1 aliphatic heterocycles. The van der Waals surface area contributed by atoms with E-state index in [0.717, 1.165) is 5.69 Å². The number of benzene rings is 1. The number of hydrogen-bond donors (Lipinski definition) is 0. The Morgan fingerprint density at radius 2 is 1.61 bits per heavy atom. The number of carbonyl (C=O) groups is 2. The van der Waals surface area contributed by atoms with E-state index in [1.165, 1.54) is 11.2 Å². The summed E-state index contributed by atoms with van der Waals surface area (Å²) in [6, 6.07) is 7.35. The average Bonchev–Trinajstić information content (AvgIpc) is 2.97. The second-order valence-corrected chi connectivity index (χ2v) is 9.54. The van der Waals surface area contributed by atoms with Crippen LogP contribution in [-0.2, 0) is 21.8 Å². The average molecular weight is 448 g/mol. The van der Waals surface area contributed by atoms with E-state index >= 15 is 0 Å². The third-order valence-corrected chi connectivity index (χ3v) is 7.97. The first-order chi connectivity index (χ1) is 14.6. The van der Waals surface area contributed by atoms with Gasteiger partial charge < -0.3 is 14.2 Å². The van der Waals surface area contributed by atoms with Crippen molar-refractivity contribution in [2.24, 2.45) is 7.05 Å². The van der Waals surface area contributed by atoms with Crippen molar-refractivity contribution in [3.8, 4) is 0 Å². The van der Waals surface area contributed by atoms with Gasteiger partial charge in [0, 0.05) is 55.7 Å². The number of anilines is 1. The quantitative estimate of drug-likeness (QED) is 0.499. The van der Waals surface area contributed by atoms with E-state index in [4.69, 9.17) is 4.74 Å². The number of ether oxygens (including phenoxy) is 1. The highest BCUT2D eigenvalue weighted by Gasteiger charge is 2.35. The van der Waals surface area contributed by atoms with E-state index in [2.05, 4.69) is 4.90 Å². The zero-order valence-electron chi connectivity index (χ0n) is 18.6. The molecule has 0 unspecified atom stereocenters. The summed E-state index contributed by atoms with van der Waals surface area (Å²) in [4.78, 5) is 26.1. The smallest absolute Gasteiger partial charge is 0.355 e. The van der Waals surface area contributed by atoms with Crippen LogP contribution in [0.3, 0.4) is 0 Å². The molecular formula is C22H29N3O5S. The summed E-state index contributed by atoms with van der Waals surface area (Å²) in [5.74, 6) is -0.510. The summed E-state index contributed by atoms with van der Waals surface area (Å²) in [5, 5.41) is 0. The van der Waals surface area contributed by atoms with Gasteiger partial charge in [-0.3, -0.25) is 4.79 Å². The van der Waals surface area contributed by atoms with E-state index in [1.54, 1.807) is 44.5 Å². The molecule has 1 aliphatic rings. The Hall–Kier alpha value is -2.65. The number of carbonyl (C=O) groups excluding carboxylic acids is 2. The fraction of sp³-hybridized carbons (Fsp3) is 0.455. The molecule has 3 rings (SSSR count). The van der Waals surface area contributed by atoms with Crippen molar-refractivity contribution in [1.82, 2.24) is 8.87 Å². The second-order valence-electron chi connectivity index (χ2n) is 7.66. The minimum absolute atomic E-state index is 0.0123. The summed E-state index contributed by atoms with van der Waals surface area (Å²) in [5.41, 5.74) is 2.81. The van der Waals surface area contributed by atoms with Gasteiger partial charge in [0.15, 0.2) is 5.78 Å². The topological polar surface area (TPSA) is 88.9 Å². The maximum atomic E-state index is 13.4. The third kappa shape index (κ3) is 4.24. The van der Waals surface area contributed by atoms with E-state index in [1.807, 2.05) is 12.1 Å². The van der Waals surface area contributed by atoms with Gasteiger partial charge in [0.2, 0.25) is 10.0 Å². The lowest BCUT2D eigenvalue weighted by Crippen LogP contribution is -2.48. The summed E-state index contributed by atoms with van der Waals surface area (Å²) in [6.07, 6.45) is 0. The van der Waals surface area contributed by atoms with E-state index in [9.17, 15) is 18.0 Å². The van der Waals surface area contributed by atoms with Gasteiger partial charge in [0.1, 0.15) is 10.6 Å². The summed E-state index contributed by atoms with van der Waals surface area (Å²) >= 11 is 0. The fourth-order valence-electron chi connectivity index (χ4n) is 4.04. The Morgan fingerprint density at radius 3 is 2.13 bits per heavy atom. The Balaban J connectivity index is 1.81. The summed E-state index contributed by atoms with van der Waals surface area (Å²) in [7, 11) is -2.09. The van der Waals surface area contributed by atoms with E-state index in [-0.39, 0.29) is 23.0 Å². The van der Waals surface area contributed by atoms with Crippen molar-refractivity contribution < 1.29 is 22.7 Å². The number of rotatable bonds is 6. The molecule has 1 saturated heterocycles. The fourth-order valence-corrected chi connectivity index (χ4v) is 5.94. The van der Waals surface area contributed by atoms with Crippen molar-refractivity contribution >= 4 is 27.5 Å². The summed E-state index contributed by atoms with van der Waals surface area (Å²) in [6.45, 7) is 8.56. The molecule has 31 heavy (non-hydrogen) atoms. The van der Waals surface area contributed by atoms with Crippen LogP contribution in [0.2, 0.25) is 0 Å². The molecule has 1 aromatic heterocycles. The molecule has 0 spiro atoms. The number of sulfonamides is 1. The number of piperazine rings is 1. The van der Waals surface area contributed by atoms with Crippen LogP contribution in [-0.4, -0.2) is 61.8 Å². The number of nitrogens with zero attached hydrogens (tertiary/aromatic N) is 3. The van der Waals surface area contributed by atoms with E-state index in [0.29, 0.717) is 43.0 Å². The van der Waals surface area contributed by atoms with Crippen LogP contribution in [0.4, 0.5) is 5.69 Å². The molecule has 1 fully saturated rings. The van der Waals surface area contributed by atoms with Gasteiger partial charge in [-0.25, -0.2) is 13.2 Å². The first kappa shape index (κ1) is 23.0. The van der Waals surface area contributed by atoms with Gasteiger partial charge in [-0.2, -0.15) is 4.31 Å². The number of ketones is 1. The maximum absolute atomic E-state index is 13.4. The van der Waals surface area contributed by atoms with Gasteiger partial charge in [-0.15, -0.1) is 0 Å². The predicted octanol–water partition coefficient (Wildman–Crippen LogP) is 2.53. The highest BCUT2D eigenvalue weighted by atomic mass is 32.2. The van der Waals surface area contributed by atoms with E-state index < -0.39 is 16.0 Å². The van der Waals surface area contributed by atoms with Crippen molar-refractivity contribution in [2.45, 2.75) is 32.6 Å². The normalized spacial score (nSPS) is 15.2. The van der Waals surface area contributed by atoms with Gasteiger partial charge in [-0.05, 0) is 52.0 Å². The molecule has 0 saturated carbocycles. The van der Waals surface area contributed by atoms with Crippen molar-refractivity contribution in [1.29, 1.82) is 0 Å². The molecule has 0 N–H and O–H groups in total. The lowest BCUT2D eigenvalue weighted by molar-refractivity contribution is 0.0514. The van der Waals surface area contributed by atoms with Crippen LogP contribution < -0.4 is 4.90 Å². The van der Waals surface area contributed by atoms with Crippen LogP contribution >= 0.6 is 0 Å². The molecule has 9 heteroatoms. The number of aromatic nitrogens is 1. The standard InChI is InChI=1S/C22H29N3O5S/c1-6-30-22(27)20-15(2)21(16(3)23(20)5)31(28,29)25-13-11-24(12-14-25)19-9-7-18(8-10-19)17(4)26/h7-10H,6,11-14H2,1-5H3. The maximum Gasteiger partial charge on any atom is 0.355 e. The molecule has 8 nitrogen and oxygen atoms in total. The first-order valence-corrected chi connectivity index (χ1v) is 11.7. The molecular weight excluding hydrogens is 418 g/mol. The van der Waals surface area contributed by atoms with Gasteiger partial charge in [0.25, 0.3) is 0 Å². The highest BCUT2D eigenvalue weighted by molar-refractivity contribution is 7.89. The van der Waals surface area contributed by atoms with Gasteiger partial charge >= 0.3 is 5.97 Å². The molecule has 0 atom stereocenters. The molecule has 0 bridgehead atoms. The van der Waals surface area contributed by atoms with Crippen LogP contribution in [0, 0.1) is 13.8 Å². The highest BCUT2D eigenvalue weighted by Crippen LogP contribution is 2.30. The molecule has 0 aliphatic carbocycles. The zero-order valence-corrected chi connectivity index (χ0v) is 19.5. The zero-order chi connectivity index (χ0) is 22.9. The van der Waals surface area contributed by atoms with Crippen molar-refractivity contribution in [2.75, 3.05) is 37.7 Å². The van der Waals surface area contributed by atoms with Gasteiger partial charge in [-0.1, -0.05) is 0 Å². The number of Topliss-reactive ketones (excluding diaryl/α,β-unsaturated/α-hetero) is 1. The van der Waals surface area contributed by atoms with Crippen molar-refractivity contribution in [3.63, 3.8) is 0 Å². The Bertz CT molecular complexity index is 1100. The lowest BCUT2D eigenvalue weighted by Gasteiger charge is -2.35. The van der Waals surface area contributed by atoms with Crippen LogP contribution in [0.1, 0.15) is 46.0 Å². The second kappa shape index (κ2) is 8.84. The Kier molecular flexibility index (Phi) is 6.56. The Morgan fingerprint density at radius 1 is 1.03 bits per heavy atom. The predicted molar refractivity (Wildman–Crippen MR) is 118 cm³/mol. The third-order valence-electron chi connectivity index (χ3n) is 5.81. The molecule has 1 aromatic carbocycles. The Labute approximate surface area is 183 Å². The SMILES string of the molecule is CCOC(=O)c1c(C)c(S(=O)(=O)N2CCN(c3ccc(C(C)=O)cc3)CC2)c(C)n1C. The number of esters is 1. The van der Waals surface area contributed by atoms with Crippen molar-refractivity contribution in [3.05, 3.63) is 46.8 Å². The largest absolute Gasteiger partial charge is 0.461 e. The lowest BCUT2D eigenvalue weighted by atomic mass is 10.1. The van der Waals surface area contributed by atoms with Crippen LogP contribution in [0.15, 0.2) is 29.2 Å². The number of hydrogen-bond acceptors (Lipinski definition) is 6. The minimum Gasteiger partial charge on any atom is -0.461 e. The van der Waals surface area contributed by atoms with Gasteiger partial charge in [0.05, 0.1) is 6.61 Å². The minimum atomic E-state index is -3.76. The molecule has 168 valence electrons. The molecule has 0 radical (unpaired) electrons. The monoisotopic (exact) mass is 447 g/mol. The summed E-state index contributed by atoms with van der Waals surface area (Å²) < 4.78 is 35.1. The van der Waals surface area contributed by atoms with Crippen LogP contribution in [0.25, 0.3) is 0 Å².